The summed E-state index contributed by atoms with van der Waals surface area (Å²) in [7, 11) is 0. The number of carboxylic acids is 2. The Morgan fingerprint density at radius 2 is 1.49 bits per heavy atom. The monoisotopic (exact) mass is 615 g/mol. The Balaban J connectivity index is 0.000000303. The van der Waals surface area contributed by atoms with E-state index in [-0.39, 0.29) is 0 Å². The molecule has 1 aliphatic heterocycles. The number of alkyl halides is 6. The van der Waals surface area contributed by atoms with Gasteiger partial charge in [0.1, 0.15) is 11.5 Å². The minimum atomic E-state index is -5.08. The second kappa shape index (κ2) is 14.0. The van der Waals surface area contributed by atoms with Gasteiger partial charge < -0.3 is 19.9 Å². The number of anilines is 2. The smallest absolute Gasteiger partial charge is 0.475 e. The van der Waals surface area contributed by atoms with E-state index < -0.39 is 24.3 Å². The topological polar surface area (TPSA) is 133 Å². The van der Waals surface area contributed by atoms with Crippen LogP contribution in [0.15, 0.2) is 65.2 Å². The van der Waals surface area contributed by atoms with Gasteiger partial charge in [0.15, 0.2) is 11.5 Å². The molecule has 4 aromatic rings. The molecular weight excluding hydrogens is 588 g/mol. The van der Waals surface area contributed by atoms with Crippen molar-refractivity contribution in [2.75, 3.05) is 18.4 Å². The Morgan fingerprint density at radius 3 is 2.00 bits per heavy atom. The summed E-state index contributed by atoms with van der Waals surface area (Å²) in [5.41, 5.74) is 2.96. The highest BCUT2D eigenvalue weighted by atomic mass is 19.4. The zero-order valence-corrected chi connectivity index (χ0v) is 22.6. The van der Waals surface area contributed by atoms with E-state index >= 15 is 0 Å². The average Bonchev–Trinajstić information content (AvgIpc) is 3.55. The lowest BCUT2D eigenvalue weighted by Crippen LogP contribution is -2.32. The van der Waals surface area contributed by atoms with Crippen LogP contribution in [0.1, 0.15) is 36.1 Å². The van der Waals surface area contributed by atoms with Crippen LogP contribution in [0.25, 0.3) is 5.65 Å². The quantitative estimate of drug-likeness (QED) is 0.231. The van der Waals surface area contributed by atoms with Crippen molar-refractivity contribution in [2.45, 2.75) is 44.6 Å². The minimum Gasteiger partial charge on any atom is -0.475 e. The molecule has 232 valence electrons. The van der Waals surface area contributed by atoms with Gasteiger partial charge in [-0.15, -0.1) is 0 Å². The van der Waals surface area contributed by atoms with Crippen molar-refractivity contribution in [3.05, 3.63) is 78.1 Å². The fourth-order valence-corrected chi connectivity index (χ4v) is 3.98. The summed E-state index contributed by atoms with van der Waals surface area (Å²) in [5, 5.41) is 22.4. The van der Waals surface area contributed by atoms with E-state index in [1.807, 2.05) is 48.0 Å². The van der Waals surface area contributed by atoms with Gasteiger partial charge in [0.2, 0.25) is 0 Å². The molecule has 1 aliphatic rings. The molecular formula is C27H27F6N5O5. The first-order chi connectivity index (χ1) is 20.1. The summed E-state index contributed by atoms with van der Waals surface area (Å²) < 4.78 is 71.1. The third kappa shape index (κ3) is 10.3. The van der Waals surface area contributed by atoms with Crippen molar-refractivity contribution in [2.24, 2.45) is 0 Å². The maximum absolute atomic E-state index is 10.6. The number of halogens is 6. The second-order valence-corrected chi connectivity index (χ2v) is 9.35. The lowest BCUT2D eigenvalue weighted by molar-refractivity contribution is -0.193. The van der Waals surface area contributed by atoms with Crippen molar-refractivity contribution in [1.82, 2.24) is 19.5 Å². The number of hydrogen-bond donors (Lipinski definition) is 3. The van der Waals surface area contributed by atoms with E-state index in [0.29, 0.717) is 5.92 Å². The number of nitrogens with one attached hydrogen (secondary N) is 1. The Kier molecular flexibility index (Phi) is 10.7. The number of para-hydroxylation sites is 1. The Hall–Kier alpha value is -4.60. The number of piperidine rings is 1. The number of rotatable bonds is 5. The molecule has 16 heteroatoms. The molecule has 0 bridgehead atoms. The highest BCUT2D eigenvalue weighted by Gasteiger charge is 2.38. The molecule has 0 aliphatic carbocycles. The molecule has 0 unspecified atom stereocenters. The number of aromatic nitrogens is 3. The van der Waals surface area contributed by atoms with Crippen LogP contribution < -0.4 is 5.32 Å². The summed E-state index contributed by atoms with van der Waals surface area (Å²) >= 11 is 0. The summed E-state index contributed by atoms with van der Waals surface area (Å²) in [4.78, 5) is 25.0. The normalized spacial score (nSPS) is 14.3. The number of pyridine rings is 1. The largest absolute Gasteiger partial charge is 0.490 e. The third-order valence-electron chi connectivity index (χ3n) is 6.02. The Bertz CT molecular complexity index is 1470. The van der Waals surface area contributed by atoms with Crippen LogP contribution in [0.4, 0.5) is 37.7 Å². The van der Waals surface area contributed by atoms with Gasteiger partial charge >= 0.3 is 24.3 Å². The highest BCUT2D eigenvalue weighted by molar-refractivity contribution is 5.73. The highest BCUT2D eigenvalue weighted by Crippen LogP contribution is 2.28. The lowest BCUT2D eigenvalue weighted by Gasteiger charge is -2.29. The van der Waals surface area contributed by atoms with Gasteiger partial charge in [0, 0.05) is 11.6 Å². The number of furan rings is 1. The minimum absolute atomic E-state index is 0.412. The van der Waals surface area contributed by atoms with Crippen molar-refractivity contribution >= 4 is 29.0 Å². The fraction of sp³-hybridized carbons (Fsp3) is 0.333. The zero-order chi connectivity index (χ0) is 31.8. The van der Waals surface area contributed by atoms with Crippen molar-refractivity contribution in [3.8, 4) is 0 Å². The number of hydrogen-bond acceptors (Lipinski definition) is 7. The van der Waals surface area contributed by atoms with Crippen LogP contribution in [-0.2, 0) is 16.1 Å². The van der Waals surface area contributed by atoms with E-state index in [1.165, 1.54) is 0 Å². The first-order valence-electron chi connectivity index (χ1n) is 12.7. The number of benzene rings is 1. The van der Waals surface area contributed by atoms with E-state index in [9.17, 15) is 26.3 Å². The van der Waals surface area contributed by atoms with Crippen LogP contribution in [0, 0.1) is 6.92 Å². The van der Waals surface area contributed by atoms with Gasteiger partial charge in [0.25, 0.3) is 0 Å². The number of carboxylic acid groups (broad SMARTS) is 2. The maximum atomic E-state index is 10.6. The van der Waals surface area contributed by atoms with Gasteiger partial charge in [-0.2, -0.15) is 31.4 Å². The molecule has 3 N–H and O–H groups in total. The molecule has 43 heavy (non-hydrogen) atoms. The van der Waals surface area contributed by atoms with E-state index in [1.54, 1.807) is 0 Å². The van der Waals surface area contributed by atoms with E-state index in [0.717, 1.165) is 66.8 Å². The predicted molar refractivity (Wildman–Crippen MR) is 141 cm³/mol. The molecule has 0 radical (unpaired) electrons. The molecule has 0 saturated carbocycles. The maximum Gasteiger partial charge on any atom is 0.490 e. The summed E-state index contributed by atoms with van der Waals surface area (Å²) in [6.45, 7) is 4.96. The first-order valence-corrected chi connectivity index (χ1v) is 12.7. The number of fused-ring (bicyclic) bond motifs is 1. The molecule has 1 fully saturated rings. The summed E-state index contributed by atoms with van der Waals surface area (Å²) in [5.74, 6) is -2.12. The standard InChI is InChI=1S/C23H25N5O.2C2HF3O2/c1-17-7-9-21(29-17)16-27-13-11-18(12-14-27)23-25-22-10-8-20(15-28(22)26-23)24-19-5-3-2-4-6-19;2*3-2(4,5)1(6)7/h2-10,15,18,24H,11-14,16H2,1H3;2*(H,6,7). The van der Waals surface area contributed by atoms with Crippen molar-refractivity contribution in [3.63, 3.8) is 0 Å². The number of aliphatic carboxylic acids is 2. The van der Waals surface area contributed by atoms with Gasteiger partial charge in [-0.3, -0.25) is 4.90 Å². The van der Waals surface area contributed by atoms with Crippen LogP contribution in [0.5, 0.6) is 0 Å². The molecule has 5 rings (SSSR count). The molecule has 10 nitrogen and oxygen atoms in total. The number of carbonyl (C=O) groups is 2. The Morgan fingerprint density at radius 1 is 0.907 bits per heavy atom. The molecule has 0 amide bonds. The molecule has 0 spiro atoms. The molecule has 1 aromatic carbocycles. The fourth-order valence-electron chi connectivity index (χ4n) is 3.98. The lowest BCUT2D eigenvalue weighted by atomic mass is 9.96. The van der Waals surface area contributed by atoms with E-state index in [4.69, 9.17) is 34.3 Å². The second-order valence-electron chi connectivity index (χ2n) is 9.35. The Labute approximate surface area is 240 Å². The van der Waals surface area contributed by atoms with Crippen LogP contribution in [0.3, 0.4) is 0 Å². The third-order valence-corrected chi connectivity index (χ3v) is 6.02. The average molecular weight is 616 g/mol. The van der Waals surface area contributed by atoms with Crippen LogP contribution >= 0.6 is 0 Å². The van der Waals surface area contributed by atoms with Crippen LogP contribution in [0.2, 0.25) is 0 Å². The first kappa shape index (κ1) is 32.9. The molecule has 0 atom stereocenters. The molecule has 3 aromatic heterocycles. The van der Waals surface area contributed by atoms with Crippen LogP contribution in [-0.4, -0.2) is 67.1 Å². The van der Waals surface area contributed by atoms with Gasteiger partial charge in [-0.05, 0) is 69.3 Å². The number of likely N-dealkylation sites (tertiary alicyclic amines) is 1. The number of nitrogens with zero attached hydrogens (tertiary/aromatic N) is 4. The SMILES string of the molecule is Cc1ccc(CN2CCC(c3nc4ccc(Nc5ccccc5)cn4n3)CC2)o1.O=C(O)C(F)(F)F.O=C(O)C(F)(F)F. The predicted octanol–water partition coefficient (Wildman–Crippen LogP) is 6.02. The van der Waals surface area contributed by atoms with Gasteiger partial charge in [0.05, 0.1) is 18.4 Å². The van der Waals surface area contributed by atoms with Gasteiger partial charge in [-0.25, -0.2) is 19.1 Å². The zero-order valence-electron chi connectivity index (χ0n) is 22.6. The summed E-state index contributed by atoms with van der Waals surface area (Å²) in [6, 6.07) is 18.3. The van der Waals surface area contributed by atoms with Gasteiger partial charge in [-0.1, -0.05) is 18.2 Å². The molecule has 1 saturated heterocycles. The summed E-state index contributed by atoms with van der Waals surface area (Å²) in [6.07, 6.45) is -6.01. The van der Waals surface area contributed by atoms with Crippen molar-refractivity contribution in [1.29, 1.82) is 0 Å². The van der Waals surface area contributed by atoms with Crippen molar-refractivity contribution < 1.29 is 50.6 Å². The van der Waals surface area contributed by atoms with E-state index in [2.05, 4.69) is 34.5 Å². The molecule has 4 heterocycles. The number of aryl methyl sites for hydroxylation is 1.